The lowest BCUT2D eigenvalue weighted by Gasteiger charge is -2.21. The minimum atomic E-state index is -3.31. The van der Waals surface area contributed by atoms with Gasteiger partial charge >= 0.3 is 0 Å². The molecule has 1 aliphatic carbocycles. The standard InChI is InChI=1S/C13H29N3O2S/c1-4-8-14-9-5-10-16(3)19(17,18)15-12(2)11-13-6-7-13/h12-15H,4-11H2,1-3H3. The largest absolute Gasteiger partial charge is 0.317 e. The van der Waals surface area contributed by atoms with Gasteiger partial charge in [-0.25, -0.2) is 0 Å². The third-order valence-electron chi connectivity index (χ3n) is 3.40. The third kappa shape index (κ3) is 7.25. The van der Waals surface area contributed by atoms with Crippen LogP contribution >= 0.6 is 0 Å². The fourth-order valence-corrected chi connectivity index (χ4v) is 3.25. The second kappa shape index (κ2) is 8.19. The van der Waals surface area contributed by atoms with Gasteiger partial charge in [-0.15, -0.1) is 0 Å². The highest BCUT2D eigenvalue weighted by atomic mass is 32.2. The van der Waals surface area contributed by atoms with Gasteiger partial charge in [-0.1, -0.05) is 19.8 Å². The van der Waals surface area contributed by atoms with Gasteiger partial charge in [0, 0.05) is 19.6 Å². The van der Waals surface area contributed by atoms with Crippen molar-refractivity contribution in [1.82, 2.24) is 14.3 Å². The lowest BCUT2D eigenvalue weighted by molar-refractivity contribution is 0.431. The molecule has 2 N–H and O–H groups in total. The molecule has 0 aromatic heterocycles. The highest BCUT2D eigenvalue weighted by Gasteiger charge is 2.26. The predicted molar refractivity (Wildman–Crippen MR) is 79.3 cm³/mol. The summed E-state index contributed by atoms with van der Waals surface area (Å²) in [5.41, 5.74) is 0. The summed E-state index contributed by atoms with van der Waals surface area (Å²) in [6.07, 6.45) is 5.42. The molecule has 6 heteroatoms. The zero-order valence-electron chi connectivity index (χ0n) is 12.5. The Kier molecular flexibility index (Phi) is 7.28. The molecule has 0 aromatic carbocycles. The van der Waals surface area contributed by atoms with Gasteiger partial charge in [0.05, 0.1) is 0 Å². The van der Waals surface area contributed by atoms with Crippen LogP contribution in [0.1, 0.15) is 46.0 Å². The summed E-state index contributed by atoms with van der Waals surface area (Å²) in [6.45, 7) is 6.49. The van der Waals surface area contributed by atoms with E-state index in [4.69, 9.17) is 0 Å². The van der Waals surface area contributed by atoms with Crippen molar-refractivity contribution in [1.29, 1.82) is 0 Å². The van der Waals surface area contributed by atoms with E-state index in [1.807, 2.05) is 6.92 Å². The first-order chi connectivity index (χ1) is 8.95. The van der Waals surface area contributed by atoms with E-state index >= 15 is 0 Å². The average molecular weight is 291 g/mol. The van der Waals surface area contributed by atoms with Crippen LogP contribution in [0.15, 0.2) is 0 Å². The molecular formula is C13H29N3O2S. The maximum Gasteiger partial charge on any atom is 0.279 e. The average Bonchev–Trinajstić information content (AvgIpc) is 3.11. The van der Waals surface area contributed by atoms with Crippen molar-refractivity contribution in [2.45, 2.75) is 52.0 Å². The zero-order chi connectivity index (χ0) is 14.3. The fraction of sp³-hybridized carbons (Fsp3) is 1.00. The van der Waals surface area contributed by atoms with Crippen molar-refractivity contribution in [2.24, 2.45) is 5.92 Å². The molecule has 0 aromatic rings. The first-order valence-electron chi connectivity index (χ1n) is 7.40. The number of nitrogens with one attached hydrogen (secondary N) is 2. The lowest BCUT2D eigenvalue weighted by Crippen LogP contribution is -2.43. The predicted octanol–water partition coefficient (Wildman–Crippen LogP) is 1.33. The van der Waals surface area contributed by atoms with Gasteiger partial charge < -0.3 is 5.32 Å². The molecule has 1 rings (SSSR count). The summed E-state index contributed by atoms with van der Waals surface area (Å²) in [7, 11) is -1.67. The van der Waals surface area contributed by atoms with Gasteiger partial charge in [-0.3, -0.25) is 0 Å². The lowest BCUT2D eigenvalue weighted by atomic mass is 10.2. The van der Waals surface area contributed by atoms with Crippen LogP contribution < -0.4 is 10.0 Å². The minimum Gasteiger partial charge on any atom is -0.317 e. The first kappa shape index (κ1) is 16.9. The molecule has 5 nitrogen and oxygen atoms in total. The Morgan fingerprint density at radius 3 is 2.58 bits per heavy atom. The van der Waals surface area contributed by atoms with Crippen LogP contribution in [0.2, 0.25) is 0 Å². The van der Waals surface area contributed by atoms with Gasteiger partial charge in [-0.05, 0) is 45.2 Å². The number of rotatable bonds is 11. The summed E-state index contributed by atoms with van der Waals surface area (Å²) >= 11 is 0. The van der Waals surface area contributed by atoms with E-state index in [1.54, 1.807) is 7.05 Å². The quantitative estimate of drug-likeness (QED) is 0.565. The molecule has 1 unspecified atom stereocenters. The summed E-state index contributed by atoms with van der Waals surface area (Å²) in [5, 5.41) is 3.28. The SMILES string of the molecule is CCCNCCCN(C)S(=O)(=O)NC(C)CC1CC1. The molecule has 19 heavy (non-hydrogen) atoms. The van der Waals surface area contributed by atoms with Crippen LogP contribution in [-0.2, 0) is 10.2 Å². The Labute approximate surface area is 118 Å². The van der Waals surface area contributed by atoms with Crippen molar-refractivity contribution >= 4 is 10.2 Å². The van der Waals surface area contributed by atoms with Gasteiger partial charge in [0.2, 0.25) is 0 Å². The maximum atomic E-state index is 12.1. The van der Waals surface area contributed by atoms with Crippen LogP contribution in [0.3, 0.4) is 0 Å². The van der Waals surface area contributed by atoms with E-state index in [9.17, 15) is 8.42 Å². The molecule has 0 radical (unpaired) electrons. The Morgan fingerprint density at radius 2 is 2.00 bits per heavy atom. The molecule has 1 atom stereocenters. The van der Waals surface area contributed by atoms with Gasteiger partial charge in [0.25, 0.3) is 10.2 Å². The maximum absolute atomic E-state index is 12.1. The first-order valence-corrected chi connectivity index (χ1v) is 8.84. The minimum absolute atomic E-state index is 0.0400. The Bertz CT molecular complexity index is 342. The summed E-state index contributed by atoms with van der Waals surface area (Å²) in [5.74, 6) is 0.737. The second-order valence-corrected chi connectivity index (χ2v) is 7.44. The Balaban J connectivity index is 2.21. The van der Waals surface area contributed by atoms with Crippen LogP contribution in [0.4, 0.5) is 0 Å². The molecule has 0 bridgehead atoms. The summed E-state index contributed by atoms with van der Waals surface area (Å²) in [6, 6.07) is 0.0400. The molecule has 0 heterocycles. The molecule has 1 aliphatic rings. The second-order valence-electron chi connectivity index (χ2n) is 5.63. The molecule has 1 saturated carbocycles. The summed E-state index contributed by atoms with van der Waals surface area (Å²) < 4.78 is 28.3. The smallest absolute Gasteiger partial charge is 0.279 e. The number of nitrogens with zero attached hydrogens (tertiary/aromatic N) is 1. The monoisotopic (exact) mass is 291 g/mol. The topological polar surface area (TPSA) is 61.4 Å². The third-order valence-corrected chi connectivity index (χ3v) is 5.10. The zero-order valence-corrected chi connectivity index (χ0v) is 13.3. The van der Waals surface area contributed by atoms with Crippen LogP contribution in [-0.4, -0.2) is 45.4 Å². The number of hydrogen-bond donors (Lipinski definition) is 2. The molecule has 114 valence electrons. The van der Waals surface area contributed by atoms with Gasteiger partial charge in [-0.2, -0.15) is 17.4 Å². The van der Waals surface area contributed by atoms with E-state index in [1.165, 1.54) is 17.1 Å². The fourth-order valence-electron chi connectivity index (χ4n) is 2.09. The Morgan fingerprint density at radius 1 is 1.32 bits per heavy atom. The van der Waals surface area contributed by atoms with Gasteiger partial charge in [0.15, 0.2) is 0 Å². The molecule has 0 amide bonds. The molecule has 0 aliphatic heterocycles. The highest BCUT2D eigenvalue weighted by Crippen LogP contribution is 2.33. The molecule has 1 fully saturated rings. The van der Waals surface area contributed by atoms with Crippen molar-refractivity contribution in [2.75, 3.05) is 26.7 Å². The van der Waals surface area contributed by atoms with Crippen LogP contribution in [0.5, 0.6) is 0 Å². The van der Waals surface area contributed by atoms with E-state index < -0.39 is 10.2 Å². The van der Waals surface area contributed by atoms with Crippen molar-refractivity contribution in [3.05, 3.63) is 0 Å². The summed E-state index contributed by atoms with van der Waals surface area (Å²) in [4.78, 5) is 0. The molecule has 0 spiro atoms. The van der Waals surface area contributed by atoms with E-state index in [2.05, 4.69) is 17.0 Å². The van der Waals surface area contributed by atoms with E-state index in [0.717, 1.165) is 38.3 Å². The van der Waals surface area contributed by atoms with Crippen LogP contribution in [0, 0.1) is 5.92 Å². The van der Waals surface area contributed by atoms with Crippen molar-refractivity contribution in [3.8, 4) is 0 Å². The molecular weight excluding hydrogens is 262 g/mol. The van der Waals surface area contributed by atoms with Crippen molar-refractivity contribution in [3.63, 3.8) is 0 Å². The van der Waals surface area contributed by atoms with Crippen LogP contribution in [0.25, 0.3) is 0 Å². The van der Waals surface area contributed by atoms with E-state index in [0.29, 0.717) is 6.54 Å². The normalized spacial score (nSPS) is 17.9. The highest BCUT2D eigenvalue weighted by molar-refractivity contribution is 7.87. The Hall–Kier alpha value is -0.170. The molecule has 0 saturated heterocycles. The van der Waals surface area contributed by atoms with E-state index in [-0.39, 0.29) is 6.04 Å². The number of hydrogen-bond acceptors (Lipinski definition) is 3. The van der Waals surface area contributed by atoms with Gasteiger partial charge in [0.1, 0.15) is 0 Å². The van der Waals surface area contributed by atoms with Crippen molar-refractivity contribution < 1.29 is 8.42 Å².